The van der Waals surface area contributed by atoms with Gasteiger partial charge in [-0.15, -0.1) is 25.3 Å². The van der Waals surface area contributed by atoms with Gasteiger partial charge >= 0.3 is 0 Å². The number of nitriles is 2. The summed E-state index contributed by atoms with van der Waals surface area (Å²) in [6, 6.07) is 9.60. The van der Waals surface area contributed by atoms with E-state index in [1.54, 1.807) is 0 Å². The Hall–Kier alpha value is -2.08. The van der Waals surface area contributed by atoms with Crippen LogP contribution in [0.5, 0.6) is 0 Å². The molecule has 0 N–H and O–H groups in total. The highest BCUT2D eigenvalue weighted by atomic mass is 32.1. The molecule has 1 aromatic rings. The van der Waals surface area contributed by atoms with Crippen LogP contribution >= 0.6 is 25.3 Å². The molecular formula is C16H13N3S2. The second kappa shape index (κ2) is 6.13. The lowest BCUT2D eigenvalue weighted by Crippen LogP contribution is -2.21. The third kappa shape index (κ3) is 3.16. The SMILES string of the molecule is CC1=CC(=C(C#N)C#N)C=C(C)N1c1cc(S)cc(S)c1. The van der Waals surface area contributed by atoms with Crippen molar-refractivity contribution in [1.29, 1.82) is 10.5 Å². The van der Waals surface area contributed by atoms with Crippen LogP contribution in [-0.2, 0) is 0 Å². The predicted octanol–water partition coefficient (Wildman–Crippen LogP) is 4.24. The number of allylic oxidation sites excluding steroid dienone is 6. The Morgan fingerprint density at radius 1 is 0.952 bits per heavy atom. The van der Waals surface area contributed by atoms with Crippen LogP contribution < -0.4 is 4.90 Å². The van der Waals surface area contributed by atoms with Crippen LogP contribution in [0.15, 0.2) is 62.7 Å². The molecule has 0 saturated heterocycles. The first kappa shape index (κ1) is 15.3. The summed E-state index contributed by atoms with van der Waals surface area (Å²) >= 11 is 8.75. The molecule has 1 heterocycles. The Morgan fingerprint density at radius 3 is 1.86 bits per heavy atom. The van der Waals surface area contributed by atoms with Crippen molar-refractivity contribution >= 4 is 30.9 Å². The molecular weight excluding hydrogens is 298 g/mol. The van der Waals surface area contributed by atoms with Gasteiger partial charge in [-0.05, 0) is 44.2 Å². The van der Waals surface area contributed by atoms with Crippen molar-refractivity contribution in [3.05, 3.63) is 52.9 Å². The largest absolute Gasteiger partial charge is 0.318 e. The van der Waals surface area contributed by atoms with Crippen molar-refractivity contribution < 1.29 is 0 Å². The van der Waals surface area contributed by atoms with Gasteiger partial charge in [0, 0.05) is 32.4 Å². The van der Waals surface area contributed by atoms with Crippen molar-refractivity contribution in [3.8, 4) is 12.1 Å². The van der Waals surface area contributed by atoms with Crippen molar-refractivity contribution in [2.24, 2.45) is 0 Å². The van der Waals surface area contributed by atoms with E-state index in [4.69, 9.17) is 10.5 Å². The van der Waals surface area contributed by atoms with E-state index in [2.05, 4.69) is 25.3 Å². The highest BCUT2D eigenvalue weighted by Gasteiger charge is 2.18. The molecule has 0 unspecified atom stereocenters. The number of anilines is 1. The summed E-state index contributed by atoms with van der Waals surface area (Å²) in [6.45, 7) is 3.87. The summed E-state index contributed by atoms with van der Waals surface area (Å²) in [4.78, 5) is 3.69. The number of nitrogens with zero attached hydrogens (tertiary/aromatic N) is 3. The fourth-order valence-electron chi connectivity index (χ4n) is 2.31. The molecule has 3 nitrogen and oxygen atoms in total. The smallest absolute Gasteiger partial charge is 0.137 e. The lowest BCUT2D eigenvalue weighted by atomic mass is 10.0. The Balaban J connectivity index is 2.54. The van der Waals surface area contributed by atoms with E-state index in [1.165, 1.54) is 0 Å². The Bertz CT molecular complexity index is 715. The molecule has 0 fully saturated rings. The van der Waals surface area contributed by atoms with Crippen molar-refractivity contribution in [1.82, 2.24) is 0 Å². The summed E-state index contributed by atoms with van der Waals surface area (Å²) in [7, 11) is 0. The maximum absolute atomic E-state index is 8.98. The molecule has 5 heteroatoms. The molecule has 0 aliphatic carbocycles. The lowest BCUT2D eigenvalue weighted by Gasteiger charge is -2.30. The molecule has 0 saturated carbocycles. The summed E-state index contributed by atoms with van der Waals surface area (Å²) in [5.74, 6) is 0. The Morgan fingerprint density at radius 2 is 1.43 bits per heavy atom. The van der Waals surface area contributed by atoms with Gasteiger partial charge in [0.25, 0.3) is 0 Å². The standard InChI is InChI=1S/C16H13N3S2/c1-10-3-12(13(8-17)9-18)4-11(2)19(10)14-5-15(20)7-16(21)6-14/h3-7,20-21H,1-2H3. The monoisotopic (exact) mass is 311 g/mol. The van der Waals surface area contributed by atoms with E-state index in [1.807, 2.05) is 61.2 Å². The normalized spacial score (nSPS) is 14.0. The van der Waals surface area contributed by atoms with Crippen LogP contribution in [0.25, 0.3) is 0 Å². The van der Waals surface area contributed by atoms with Crippen molar-refractivity contribution in [3.63, 3.8) is 0 Å². The van der Waals surface area contributed by atoms with Gasteiger partial charge in [-0.2, -0.15) is 10.5 Å². The van der Waals surface area contributed by atoms with Crippen LogP contribution in [0.1, 0.15) is 13.8 Å². The molecule has 104 valence electrons. The molecule has 0 bridgehead atoms. The van der Waals surface area contributed by atoms with Crippen molar-refractivity contribution in [2.45, 2.75) is 23.6 Å². The number of thiol groups is 2. The topological polar surface area (TPSA) is 50.8 Å². The fraction of sp³-hybridized carbons (Fsp3) is 0.125. The fourth-order valence-corrected chi connectivity index (χ4v) is 2.96. The Labute approximate surface area is 135 Å². The number of rotatable bonds is 1. The van der Waals surface area contributed by atoms with Gasteiger partial charge in [-0.1, -0.05) is 0 Å². The number of hydrogen-bond acceptors (Lipinski definition) is 5. The summed E-state index contributed by atoms with van der Waals surface area (Å²) in [5.41, 5.74) is 3.56. The zero-order chi connectivity index (χ0) is 15.6. The van der Waals surface area contributed by atoms with Crippen molar-refractivity contribution in [2.75, 3.05) is 4.90 Å². The molecule has 1 aliphatic heterocycles. The maximum atomic E-state index is 8.98. The molecule has 1 aliphatic rings. The first-order valence-corrected chi connectivity index (χ1v) is 7.10. The van der Waals surface area contributed by atoms with Gasteiger partial charge in [0.1, 0.15) is 17.7 Å². The molecule has 0 atom stereocenters. The lowest BCUT2D eigenvalue weighted by molar-refractivity contribution is 1.03. The molecule has 0 aromatic heterocycles. The molecule has 0 spiro atoms. The summed E-state index contributed by atoms with van der Waals surface area (Å²) < 4.78 is 0. The second-order valence-corrected chi connectivity index (χ2v) is 5.70. The van der Waals surface area contributed by atoms with Gasteiger partial charge < -0.3 is 4.90 Å². The van der Waals surface area contributed by atoms with Crippen LogP contribution in [0.3, 0.4) is 0 Å². The number of benzene rings is 1. The van der Waals surface area contributed by atoms with E-state index in [-0.39, 0.29) is 5.57 Å². The second-order valence-electron chi connectivity index (χ2n) is 4.67. The minimum absolute atomic E-state index is 0.117. The van der Waals surface area contributed by atoms with E-state index in [0.717, 1.165) is 26.9 Å². The quantitative estimate of drug-likeness (QED) is 0.602. The van der Waals surface area contributed by atoms with Gasteiger partial charge in [0.05, 0.1) is 0 Å². The molecule has 0 radical (unpaired) electrons. The van der Waals surface area contributed by atoms with Gasteiger partial charge in [-0.3, -0.25) is 0 Å². The van der Waals surface area contributed by atoms with E-state index in [0.29, 0.717) is 5.57 Å². The summed E-state index contributed by atoms with van der Waals surface area (Å²) in [5, 5.41) is 18.0. The maximum Gasteiger partial charge on any atom is 0.137 e. The Kier molecular flexibility index (Phi) is 4.47. The van der Waals surface area contributed by atoms with Crippen LogP contribution in [-0.4, -0.2) is 0 Å². The van der Waals surface area contributed by atoms with Crippen LogP contribution in [0, 0.1) is 22.7 Å². The van der Waals surface area contributed by atoms with Gasteiger partial charge in [0.15, 0.2) is 0 Å². The zero-order valence-corrected chi connectivity index (χ0v) is 13.4. The van der Waals surface area contributed by atoms with E-state index >= 15 is 0 Å². The van der Waals surface area contributed by atoms with Gasteiger partial charge in [-0.25, -0.2) is 0 Å². The molecule has 2 rings (SSSR count). The highest BCUT2D eigenvalue weighted by Crippen LogP contribution is 2.33. The highest BCUT2D eigenvalue weighted by molar-refractivity contribution is 7.81. The molecule has 21 heavy (non-hydrogen) atoms. The predicted molar refractivity (Wildman–Crippen MR) is 89.2 cm³/mol. The van der Waals surface area contributed by atoms with E-state index in [9.17, 15) is 0 Å². The first-order chi connectivity index (χ1) is 9.96. The van der Waals surface area contributed by atoms with Gasteiger partial charge in [0.2, 0.25) is 0 Å². The van der Waals surface area contributed by atoms with E-state index < -0.39 is 0 Å². The molecule has 0 amide bonds. The van der Waals surface area contributed by atoms with Crippen LogP contribution in [0.4, 0.5) is 5.69 Å². The zero-order valence-electron chi connectivity index (χ0n) is 11.6. The molecule has 1 aromatic carbocycles. The summed E-state index contributed by atoms with van der Waals surface area (Å²) in [6.07, 6.45) is 3.66. The third-order valence-electron chi connectivity index (χ3n) is 3.09. The van der Waals surface area contributed by atoms with Crippen LogP contribution in [0.2, 0.25) is 0 Å². The minimum Gasteiger partial charge on any atom is -0.318 e. The average Bonchev–Trinajstić information content (AvgIpc) is 2.38. The third-order valence-corrected chi connectivity index (χ3v) is 3.61. The number of hydrogen-bond donors (Lipinski definition) is 2. The first-order valence-electron chi connectivity index (χ1n) is 6.20. The minimum atomic E-state index is 0.117. The average molecular weight is 311 g/mol.